The number of hydrogen-bond donors (Lipinski definition) is 2. The fourth-order valence-electron chi connectivity index (χ4n) is 3.16. The van der Waals surface area contributed by atoms with E-state index in [9.17, 15) is 9.59 Å². The van der Waals surface area contributed by atoms with Crippen molar-refractivity contribution in [3.8, 4) is 0 Å². The zero-order valence-corrected chi connectivity index (χ0v) is 18.9. The lowest BCUT2D eigenvalue weighted by Gasteiger charge is -2.14. The molecule has 2 N–H and O–H groups in total. The molecular weight excluding hydrogens is 412 g/mol. The highest BCUT2D eigenvalue weighted by molar-refractivity contribution is 8.00. The summed E-state index contributed by atoms with van der Waals surface area (Å²) in [5.74, 6) is 0.325. The van der Waals surface area contributed by atoms with Crippen LogP contribution >= 0.6 is 11.8 Å². The van der Waals surface area contributed by atoms with Crippen LogP contribution in [0.2, 0.25) is 0 Å². The third kappa shape index (κ3) is 6.32. The lowest BCUT2D eigenvalue weighted by Crippen LogP contribution is -2.24. The van der Waals surface area contributed by atoms with Gasteiger partial charge in [-0.2, -0.15) is 0 Å². The van der Waals surface area contributed by atoms with E-state index in [-0.39, 0.29) is 17.1 Å². The summed E-state index contributed by atoms with van der Waals surface area (Å²) < 4.78 is 7.48. The first-order chi connectivity index (χ1) is 15.0. The summed E-state index contributed by atoms with van der Waals surface area (Å²) in [7, 11) is 0. The number of imidazole rings is 1. The van der Waals surface area contributed by atoms with E-state index >= 15 is 0 Å². The van der Waals surface area contributed by atoms with Crippen LogP contribution < -0.4 is 10.6 Å². The van der Waals surface area contributed by atoms with Gasteiger partial charge in [0, 0.05) is 37.3 Å². The highest BCUT2D eigenvalue weighted by Crippen LogP contribution is 2.26. The number of ether oxygens (including phenoxy) is 1. The minimum absolute atomic E-state index is 0.114. The van der Waals surface area contributed by atoms with E-state index in [2.05, 4.69) is 15.6 Å². The van der Waals surface area contributed by atoms with Gasteiger partial charge in [-0.05, 0) is 56.7 Å². The number of fused-ring (bicyclic) bond motifs is 1. The second kappa shape index (κ2) is 11.0. The Labute approximate surface area is 186 Å². The van der Waals surface area contributed by atoms with E-state index in [1.165, 1.54) is 18.7 Å². The van der Waals surface area contributed by atoms with Gasteiger partial charge in [0.25, 0.3) is 0 Å². The van der Waals surface area contributed by atoms with Crippen molar-refractivity contribution in [2.24, 2.45) is 0 Å². The third-order valence-corrected chi connectivity index (χ3v) is 5.73. The molecule has 8 heteroatoms. The van der Waals surface area contributed by atoms with Gasteiger partial charge in [0.2, 0.25) is 17.8 Å². The molecule has 0 aliphatic carbocycles. The molecule has 0 aliphatic heterocycles. The molecule has 0 saturated carbocycles. The van der Waals surface area contributed by atoms with Crippen LogP contribution in [0.4, 0.5) is 11.6 Å². The van der Waals surface area contributed by atoms with Crippen molar-refractivity contribution in [2.75, 3.05) is 23.8 Å². The van der Waals surface area contributed by atoms with Crippen LogP contribution in [-0.4, -0.2) is 39.8 Å². The SMILES string of the molecule is CCOCCCn1c(NC(=O)C(C)Sc2ccc(NC(C)=O)cc2)nc2ccccc21. The van der Waals surface area contributed by atoms with E-state index < -0.39 is 0 Å². The van der Waals surface area contributed by atoms with Crippen LogP contribution in [0.25, 0.3) is 11.0 Å². The number of amides is 2. The van der Waals surface area contributed by atoms with E-state index in [1.807, 2.05) is 66.9 Å². The highest BCUT2D eigenvalue weighted by Gasteiger charge is 2.18. The molecule has 3 aromatic rings. The van der Waals surface area contributed by atoms with Gasteiger partial charge in [-0.15, -0.1) is 11.8 Å². The molecule has 0 saturated heterocycles. The van der Waals surface area contributed by atoms with Gasteiger partial charge < -0.3 is 14.6 Å². The smallest absolute Gasteiger partial charge is 0.239 e. The first-order valence-corrected chi connectivity index (χ1v) is 11.2. The summed E-state index contributed by atoms with van der Waals surface area (Å²) in [6, 6.07) is 15.3. The summed E-state index contributed by atoms with van der Waals surface area (Å²) in [5.41, 5.74) is 2.57. The molecule has 2 aromatic carbocycles. The van der Waals surface area contributed by atoms with Crippen molar-refractivity contribution in [1.29, 1.82) is 0 Å². The number of nitrogens with one attached hydrogen (secondary N) is 2. The zero-order valence-electron chi connectivity index (χ0n) is 18.1. The Bertz CT molecular complexity index is 1030. The Balaban J connectivity index is 1.68. The molecule has 31 heavy (non-hydrogen) atoms. The maximum atomic E-state index is 12.9. The molecule has 7 nitrogen and oxygen atoms in total. The molecule has 1 unspecified atom stereocenters. The normalized spacial score (nSPS) is 12.0. The van der Waals surface area contributed by atoms with Crippen molar-refractivity contribution < 1.29 is 14.3 Å². The van der Waals surface area contributed by atoms with E-state index in [0.717, 1.165) is 28.0 Å². The number of carbonyl (C=O) groups excluding carboxylic acids is 2. The number of anilines is 2. The summed E-state index contributed by atoms with van der Waals surface area (Å²) in [5, 5.41) is 5.41. The van der Waals surface area contributed by atoms with E-state index in [0.29, 0.717) is 25.7 Å². The van der Waals surface area contributed by atoms with Gasteiger partial charge in [-0.1, -0.05) is 12.1 Å². The zero-order chi connectivity index (χ0) is 22.2. The Morgan fingerprint density at radius 2 is 1.87 bits per heavy atom. The molecule has 1 heterocycles. The van der Waals surface area contributed by atoms with Crippen molar-refractivity contribution in [3.63, 3.8) is 0 Å². The number of benzene rings is 2. The number of aromatic nitrogens is 2. The number of rotatable bonds is 10. The van der Waals surface area contributed by atoms with E-state index in [1.54, 1.807) is 0 Å². The van der Waals surface area contributed by atoms with Gasteiger partial charge in [0.05, 0.1) is 16.3 Å². The molecule has 2 amide bonds. The van der Waals surface area contributed by atoms with Gasteiger partial charge in [0.1, 0.15) is 0 Å². The molecule has 0 bridgehead atoms. The quantitative estimate of drug-likeness (QED) is 0.357. The van der Waals surface area contributed by atoms with Gasteiger partial charge >= 0.3 is 0 Å². The van der Waals surface area contributed by atoms with E-state index in [4.69, 9.17) is 4.74 Å². The lowest BCUT2D eigenvalue weighted by molar-refractivity contribution is -0.115. The van der Waals surface area contributed by atoms with Gasteiger partial charge in [0.15, 0.2) is 0 Å². The largest absolute Gasteiger partial charge is 0.382 e. The van der Waals surface area contributed by atoms with Crippen molar-refractivity contribution in [1.82, 2.24) is 9.55 Å². The minimum Gasteiger partial charge on any atom is -0.382 e. The maximum absolute atomic E-state index is 12.9. The van der Waals surface area contributed by atoms with Crippen molar-refractivity contribution >= 4 is 46.2 Å². The summed E-state index contributed by atoms with van der Waals surface area (Å²) in [6.07, 6.45) is 0.835. The fourth-order valence-corrected chi connectivity index (χ4v) is 4.02. The highest BCUT2D eigenvalue weighted by atomic mass is 32.2. The second-order valence-corrected chi connectivity index (χ2v) is 8.50. The second-order valence-electron chi connectivity index (χ2n) is 7.08. The Kier molecular flexibility index (Phi) is 8.08. The predicted octanol–water partition coefficient (Wildman–Crippen LogP) is 4.54. The molecule has 0 aliphatic rings. The van der Waals surface area contributed by atoms with Gasteiger partial charge in [-0.3, -0.25) is 14.9 Å². The number of thioether (sulfide) groups is 1. The number of aryl methyl sites for hydroxylation is 1. The average molecular weight is 441 g/mol. The molecule has 0 spiro atoms. The minimum atomic E-state index is -0.316. The van der Waals surface area contributed by atoms with Crippen LogP contribution in [0.15, 0.2) is 53.4 Å². The first kappa shape index (κ1) is 22.8. The lowest BCUT2D eigenvalue weighted by atomic mass is 10.3. The molecule has 3 rings (SSSR count). The van der Waals surface area contributed by atoms with Crippen LogP contribution in [0.5, 0.6) is 0 Å². The number of hydrogen-bond acceptors (Lipinski definition) is 5. The molecule has 0 fully saturated rings. The molecule has 1 atom stereocenters. The Morgan fingerprint density at radius 1 is 1.13 bits per heavy atom. The van der Waals surface area contributed by atoms with Crippen LogP contribution in [0.3, 0.4) is 0 Å². The molecule has 1 aromatic heterocycles. The predicted molar refractivity (Wildman–Crippen MR) is 126 cm³/mol. The Morgan fingerprint density at radius 3 is 2.58 bits per heavy atom. The van der Waals surface area contributed by atoms with Crippen molar-refractivity contribution in [3.05, 3.63) is 48.5 Å². The number of nitrogens with zero attached hydrogens (tertiary/aromatic N) is 2. The average Bonchev–Trinajstić information content (AvgIpc) is 3.09. The third-order valence-electron chi connectivity index (χ3n) is 4.62. The molecule has 164 valence electrons. The monoisotopic (exact) mass is 440 g/mol. The number of carbonyl (C=O) groups is 2. The Hall–Kier alpha value is -2.84. The first-order valence-electron chi connectivity index (χ1n) is 10.4. The molecular formula is C23H28N4O3S. The van der Waals surface area contributed by atoms with Crippen LogP contribution in [-0.2, 0) is 20.9 Å². The fraction of sp³-hybridized carbons (Fsp3) is 0.348. The summed E-state index contributed by atoms with van der Waals surface area (Å²) >= 11 is 1.45. The summed E-state index contributed by atoms with van der Waals surface area (Å²) in [4.78, 5) is 29.6. The standard InChI is InChI=1S/C23H28N4O3S/c1-4-30-15-7-14-27-21-9-6-5-8-20(21)25-23(27)26-22(29)16(2)31-19-12-10-18(11-13-19)24-17(3)28/h5-6,8-13,16H,4,7,14-15H2,1-3H3,(H,24,28)(H,25,26,29). The summed E-state index contributed by atoms with van der Waals surface area (Å²) in [6.45, 7) is 7.38. The number of para-hydroxylation sites is 2. The molecule has 0 radical (unpaired) electrons. The van der Waals surface area contributed by atoms with Crippen LogP contribution in [0, 0.1) is 0 Å². The topological polar surface area (TPSA) is 85.2 Å². The van der Waals surface area contributed by atoms with Crippen molar-refractivity contribution in [2.45, 2.75) is 43.9 Å². The van der Waals surface area contributed by atoms with Crippen LogP contribution in [0.1, 0.15) is 27.2 Å². The van der Waals surface area contributed by atoms with Gasteiger partial charge in [-0.25, -0.2) is 4.98 Å². The maximum Gasteiger partial charge on any atom is 0.239 e.